The Hall–Kier alpha value is -0.810. The highest BCUT2D eigenvalue weighted by molar-refractivity contribution is 5.89. The van der Waals surface area contributed by atoms with Crippen LogP contribution in [0, 0.1) is 16.2 Å². The van der Waals surface area contributed by atoms with Crippen LogP contribution < -0.4 is 16.0 Å². The van der Waals surface area contributed by atoms with Crippen LogP contribution in [0.3, 0.4) is 0 Å². The van der Waals surface area contributed by atoms with Crippen molar-refractivity contribution in [3.63, 3.8) is 0 Å². The molecule has 1 rings (SSSR count). The van der Waals surface area contributed by atoms with Crippen molar-refractivity contribution in [1.29, 1.82) is 0 Å². The van der Waals surface area contributed by atoms with Crippen molar-refractivity contribution >= 4 is 24.2 Å². The lowest BCUT2D eigenvalue weighted by Crippen LogP contribution is -2.48. The molecule has 2 amide bonds. The summed E-state index contributed by atoms with van der Waals surface area (Å²) in [4.78, 5) is 24.9. The normalized spacial score (nSPS) is 21.5. The Balaban J connectivity index is 0.00000484. The minimum Gasteiger partial charge on any atom is -0.356 e. The van der Waals surface area contributed by atoms with Gasteiger partial charge in [0.2, 0.25) is 11.8 Å². The lowest BCUT2D eigenvalue weighted by molar-refractivity contribution is -0.136. The molecule has 0 aromatic heterocycles. The molecule has 1 unspecified atom stereocenters. The summed E-state index contributed by atoms with van der Waals surface area (Å²) in [5.74, 6) is -0.0390. The molecule has 0 aliphatic carbocycles. The predicted octanol–water partition coefficient (Wildman–Crippen LogP) is 2.10. The van der Waals surface area contributed by atoms with Gasteiger partial charge in [0.05, 0.1) is 5.41 Å². The van der Waals surface area contributed by atoms with Gasteiger partial charge in [0.1, 0.15) is 0 Å². The van der Waals surface area contributed by atoms with Gasteiger partial charge in [-0.15, -0.1) is 12.4 Å². The van der Waals surface area contributed by atoms with Gasteiger partial charge in [-0.1, -0.05) is 41.5 Å². The fourth-order valence-electron chi connectivity index (χ4n) is 2.44. The Morgan fingerprint density at radius 3 is 1.96 bits per heavy atom. The van der Waals surface area contributed by atoms with E-state index in [0.717, 1.165) is 6.54 Å². The van der Waals surface area contributed by atoms with E-state index in [1.807, 2.05) is 0 Å². The second-order valence-electron chi connectivity index (χ2n) is 8.96. The Bertz CT molecular complexity index is 405. The van der Waals surface area contributed by atoms with Gasteiger partial charge >= 0.3 is 0 Å². The maximum atomic E-state index is 12.6. The summed E-state index contributed by atoms with van der Waals surface area (Å²) < 4.78 is 0. The monoisotopic (exact) mass is 347 g/mol. The van der Waals surface area contributed by atoms with Gasteiger partial charge in [0.15, 0.2) is 0 Å². The first kappa shape index (κ1) is 22.2. The zero-order valence-corrected chi connectivity index (χ0v) is 16.3. The van der Waals surface area contributed by atoms with Crippen LogP contribution in [-0.2, 0) is 9.59 Å². The van der Waals surface area contributed by atoms with Gasteiger partial charge in [0, 0.05) is 26.1 Å². The van der Waals surface area contributed by atoms with Gasteiger partial charge in [-0.2, -0.15) is 0 Å². The standard InChI is InChI=1S/C17H33N3O2.ClH/c1-15(2,3)10-19-13(21)9-17(7-8-18-12-17)14(22)20-11-16(4,5)6;/h18H,7-12H2,1-6H3,(H,19,21)(H,20,22);1H. The largest absolute Gasteiger partial charge is 0.356 e. The number of hydrogen-bond acceptors (Lipinski definition) is 3. The number of carbonyl (C=O) groups excluding carboxylic acids is 2. The molecule has 0 bridgehead atoms. The minimum absolute atomic E-state index is 0. The average molecular weight is 348 g/mol. The van der Waals surface area contributed by atoms with E-state index < -0.39 is 5.41 Å². The van der Waals surface area contributed by atoms with Gasteiger partial charge in [0.25, 0.3) is 0 Å². The van der Waals surface area contributed by atoms with E-state index >= 15 is 0 Å². The van der Waals surface area contributed by atoms with Crippen LogP contribution >= 0.6 is 12.4 Å². The molecular weight excluding hydrogens is 314 g/mol. The molecule has 136 valence electrons. The Morgan fingerprint density at radius 1 is 1.00 bits per heavy atom. The topological polar surface area (TPSA) is 70.2 Å². The fraction of sp³-hybridized carbons (Fsp3) is 0.882. The average Bonchev–Trinajstić information content (AvgIpc) is 2.81. The number of carbonyl (C=O) groups is 2. The maximum Gasteiger partial charge on any atom is 0.228 e. The van der Waals surface area contributed by atoms with E-state index in [9.17, 15) is 9.59 Å². The predicted molar refractivity (Wildman–Crippen MR) is 96.7 cm³/mol. The highest BCUT2D eigenvalue weighted by Gasteiger charge is 2.43. The number of amides is 2. The minimum atomic E-state index is -0.604. The van der Waals surface area contributed by atoms with Crippen LogP contribution in [0.15, 0.2) is 0 Å². The Labute approximate surface area is 147 Å². The lowest BCUT2D eigenvalue weighted by Gasteiger charge is -2.29. The SMILES string of the molecule is CC(C)(C)CNC(=O)CC1(C(=O)NCC(C)(C)C)CCNC1.Cl. The van der Waals surface area contributed by atoms with Crippen molar-refractivity contribution < 1.29 is 9.59 Å². The second kappa shape index (κ2) is 8.34. The van der Waals surface area contributed by atoms with E-state index in [2.05, 4.69) is 57.5 Å². The molecule has 1 saturated heterocycles. The van der Waals surface area contributed by atoms with Crippen LogP contribution in [0.5, 0.6) is 0 Å². The third-order valence-electron chi connectivity index (χ3n) is 3.82. The fourth-order valence-corrected chi connectivity index (χ4v) is 2.44. The van der Waals surface area contributed by atoms with Crippen LogP contribution in [0.2, 0.25) is 0 Å². The molecule has 1 fully saturated rings. The van der Waals surface area contributed by atoms with Gasteiger partial charge in [-0.25, -0.2) is 0 Å². The molecule has 6 heteroatoms. The zero-order valence-electron chi connectivity index (χ0n) is 15.5. The summed E-state index contributed by atoms with van der Waals surface area (Å²) >= 11 is 0. The zero-order chi connectivity index (χ0) is 17.0. The van der Waals surface area contributed by atoms with Gasteiger partial charge < -0.3 is 16.0 Å². The van der Waals surface area contributed by atoms with E-state index in [0.29, 0.717) is 26.1 Å². The number of hydrogen-bond donors (Lipinski definition) is 3. The lowest BCUT2D eigenvalue weighted by atomic mass is 9.81. The van der Waals surface area contributed by atoms with Crippen molar-refractivity contribution in [2.45, 2.75) is 54.4 Å². The highest BCUT2D eigenvalue weighted by Crippen LogP contribution is 2.30. The first-order valence-corrected chi connectivity index (χ1v) is 8.19. The molecule has 0 saturated carbocycles. The molecule has 0 aromatic carbocycles. The summed E-state index contributed by atoms with van der Waals surface area (Å²) in [5, 5.41) is 9.21. The van der Waals surface area contributed by atoms with Crippen molar-refractivity contribution in [1.82, 2.24) is 16.0 Å². The van der Waals surface area contributed by atoms with Gasteiger partial charge in [-0.3, -0.25) is 9.59 Å². The molecule has 0 radical (unpaired) electrons. The van der Waals surface area contributed by atoms with Crippen LogP contribution in [0.25, 0.3) is 0 Å². The number of nitrogens with one attached hydrogen (secondary N) is 3. The molecule has 1 aliphatic rings. The summed E-state index contributed by atoms with van der Waals surface area (Å²) in [5.41, 5.74) is -0.518. The smallest absolute Gasteiger partial charge is 0.228 e. The van der Waals surface area contributed by atoms with Crippen molar-refractivity contribution in [3.05, 3.63) is 0 Å². The number of halogens is 1. The molecular formula is C17H34ClN3O2. The molecule has 0 aromatic rings. The third-order valence-corrected chi connectivity index (χ3v) is 3.82. The van der Waals surface area contributed by atoms with E-state index in [-0.39, 0.29) is 41.5 Å². The summed E-state index contributed by atoms with van der Waals surface area (Å²) in [7, 11) is 0. The van der Waals surface area contributed by atoms with E-state index in [1.54, 1.807) is 0 Å². The highest BCUT2D eigenvalue weighted by atomic mass is 35.5. The molecule has 1 aliphatic heterocycles. The summed E-state index contributed by atoms with van der Waals surface area (Å²) in [6, 6.07) is 0. The van der Waals surface area contributed by atoms with Crippen LogP contribution in [0.1, 0.15) is 54.4 Å². The summed E-state index contributed by atoms with van der Waals surface area (Å²) in [6.07, 6.45) is 0.970. The molecule has 3 N–H and O–H groups in total. The van der Waals surface area contributed by atoms with Crippen LogP contribution in [-0.4, -0.2) is 38.0 Å². The van der Waals surface area contributed by atoms with E-state index in [4.69, 9.17) is 0 Å². The Kier molecular flexibility index (Phi) is 8.04. The van der Waals surface area contributed by atoms with Crippen molar-refractivity contribution in [2.24, 2.45) is 16.2 Å². The van der Waals surface area contributed by atoms with Gasteiger partial charge in [-0.05, 0) is 23.8 Å². The van der Waals surface area contributed by atoms with E-state index in [1.165, 1.54) is 0 Å². The molecule has 1 atom stereocenters. The van der Waals surface area contributed by atoms with Crippen molar-refractivity contribution in [2.75, 3.05) is 26.2 Å². The Morgan fingerprint density at radius 2 is 1.52 bits per heavy atom. The number of rotatable bonds is 5. The van der Waals surface area contributed by atoms with Crippen LogP contribution in [0.4, 0.5) is 0 Å². The first-order valence-electron chi connectivity index (χ1n) is 8.19. The molecule has 0 spiro atoms. The molecule has 5 nitrogen and oxygen atoms in total. The third kappa shape index (κ3) is 8.02. The summed E-state index contributed by atoms with van der Waals surface area (Å²) in [6.45, 7) is 15.1. The quantitative estimate of drug-likeness (QED) is 0.713. The molecule has 23 heavy (non-hydrogen) atoms. The second-order valence-corrected chi connectivity index (χ2v) is 8.96. The first-order chi connectivity index (χ1) is 9.94. The van der Waals surface area contributed by atoms with Crippen molar-refractivity contribution in [3.8, 4) is 0 Å². The molecule has 1 heterocycles. The maximum absolute atomic E-state index is 12.6.